The molecule has 2 aromatic heterocycles. The van der Waals surface area contributed by atoms with Crippen LogP contribution in [0.2, 0.25) is 0 Å². The molecule has 3 aromatic rings. The number of amides is 1. The van der Waals surface area contributed by atoms with E-state index < -0.39 is 0 Å². The number of anilines is 1. The lowest BCUT2D eigenvalue weighted by molar-refractivity contribution is 0.0342. The molecule has 1 fully saturated rings. The molecule has 3 heterocycles. The number of nitrogens with zero attached hydrogens (tertiary/aromatic N) is 4. The second-order valence-electron chi connectivity index (χ2n) is 8.28. The van der Waals surface area contributed by atoms with E-state index >= 15 is 0 Å². The topological polar surface area (TPSA) is 100 Å². The molecule has 0 saturated carbocycles. The lowest BCUT2D eigenvalue weighted by Crippen LogP contribution is -2.35. The van der Waals surface area contributed by atoms with Gasteiger partial charge in [-0.05, 0) is 42.2 Å². The average Bonchev–Trinajstić information content (AvgIpc) is 3.32. The summed E-state index contributed by atoms with van der Waals surface area (Å²) in [5.74, 6) is 0.416. The van der Waals surface area contributed by atoms with Crippen LogP contribution in [0, 0.1) is 13.8 Å². The number of H-pyrrole nitrogens is 1. The SMILES string of the molecule is Cc1cc(N)nc(C)c1CN(Cc1ccc(CN2CCOCC2)cc1)C(=O)c1cn[nH]c1. The van der Waals surface area contributed by atoms with Gasteiger partial charge in [0.2, 0.25) is 0 Å². The van der Waals surface area contributed by atoms with Crippen molar-refractivity contribution in [1.82, 2.24) is 25.0 Å². The third-order valence-electron chi connectivity index (χ3n) is 5.86. The van der Waals surface area contributed by atoms with Gasteiger partial charge in [-0.3, -0.25) is 14.8 Å². The van der Waals surface area contributed by atoms with Crippen LogP contribution in [0.1, 0.15) is 38.3 Å². The predicted molar refractivity (Wildman–Crippen MR) is 123 cm³/mol. The fourth-order valence-corrected chi connectivity index (χ4v) is 4.06. The number of aryl methyl sites for hydroxylation is 2. The second-order valence-corrected chi connectivity index (χ2v) is 8.28. The van der Waals surface area contributed by atoms with Gasteiger partial charge < -0.3 is 15.4 Å². The fraction of sp³-hybridized carbons (Fsp3) is 0.375. The predicted octanol–water partition coefficient (Wildman–Crippen LogP) is 2.68. The van der Waals surface area contributed by atoms with Crippen LogP contribution in [0.3, 0.4) is 0 Å². The maximum atomic E-state index is 13.2. The Balaban J connectivity index is 1.52. The molecule has 0 aliphatic carbocycles. The zero-order valence-corrected chi connectivity index (χ0v) is 18.7. The number of carbonyl (C=O) groups is 1. The molecule has 0 radical (unpaired) electrons. The molecule has 1 aliphatic heterocycles. The lowest BCUT2D eigenvalue weighted by atomic mass is 10.1. The van der Waals surface area contributed by atoms with E-state index in [0.717, 1.165) is 55.2 Å². The maximum absolute atomic E-state index is 13.2. The first-order valence-electron chi connectivity index (χ1n) is 10.9. The van der Waals surface area contributed by atoms with Crippen molar-refractivity contribution in [3.05, 3.63) is 76.2 Å². The Morgan fingerprint density at radius 3 is 2.53 bits per heavy atom. The van der Waals surface area contributed by atoms with Gasteiger partial charge >= 0.3 is 0 Å². The summed E-state index contributed by atoms with van der Waals surface area (Å²) >= 11 is 0. The zero-order valence-electron chi connectivity index (χ0n) is 18.7. The first kappa shape index (κ1) is 22.0. The Morgan fingerprint density at radius 2 is 1.88 bits per heavy atom. The number of nitrogen functional groups attached to an aromatic ring is 1. The number of aromatic amines is 1. The van der Waals surface area contributed by atoms with Gasteiger partial charge in [0.15, 0.2) is 0 Å². The summed E-state index contributed by atoms with van der Waals surface area (Å²) < 4.78 is 5.43. The van der Waals surface area contributed by atoms with Crippen molar-refractivity contribution in [2.45, 2.75) is 33.5 Å². The van der Waals surface area contributed by atoms with Gasteiger partial charge in [0.05, 0.1) is 25.0 Å². The van der Waals surface area contributed by atoms with Crippen molar-refractivity contribution in [3.63, 3.8) is 0 Å². The highest BCUT2D eigenvalue weighted by Gasteiger charge is 2.20. The third-order valence-corrected chi connectivity index (χ3v) is 5.86. The minimum Gasteiger partial charge on any atom is -0.384 e. The summed E-state index contributed by atoms with van der Waals surface area (Å²) in [5.41, 5.74) is 11.6. The molecule has 0 spiro atoms. The number of benzene rings is 1. The largest absolute Gasteiger partial charge is 0.384 e. The standard InChI is InChI=1S/C24H30N6O2/c1-17-11-23(25)28-18(2)22(17)16-30(24(31)21-12-26-27-13-21)15-20-5-3-19(4-6-20)14-29-7-9-32-10-8-29/h3-6,11-13H,7-10,14-16H2,1-2H3,(H2,25,28)(H,26,27). The van der Waals surface area contributed by atoms with Crippen LogP contribution >= 0.6 is 0 Å². The Morgan fingerprint density at radius 1 is 1.16 bits per heavy atom. The number of aromatic nitrogens is 3. The molecular formula is C24H30N6O2. The monoisotopic (exact) mass is 434 g/mol. The molecule has 168 valence electrons. The highest BCUT2D eigenvalue weighted by Crippen LogP contribution is 2.20. The summed E-state index contributed by atoms with van der Waals surface area (Å²) in [5, 5.41) is 6.67. The van der Waals surface area contributed by atoms with Crippen LogP contribution < -0.4 is 5.73 Å². The van der Waals surface area contributed by atoms with E-state index in [4.69, 9.17) is 10.5 Å². The summed E-state index contributed by atoms with van der Waals surface area (Å²) in [6.45, 7) is 9.30. The molecular weight excluding hydrogens is 404 g/mol. The van der Waals surface area contributed by atoms with E-state index in [2.05, 4.69) is 44.3 Å². The normalized spacial score (nSPS) is 14.4. The van der Waals surface area contributed by atoms with E-state index in [1.54, 1.807) is 12.4 Å². The molecule has 3 N–H and O–H groups in total. The minimum absolute atomic E-state index is 0.0771. The number of rotatable bonds is 7. The molecule has 0 unspecified atom stereocenters. The summed E-state index contributed by atoms with van der Waals surface area (Å²) in [4.78, 5) is 21.9. The van der Waals surface area contributed by atoms with Crippen LogP contribution in [0.25, 0.3) is 0 Å². The summed E-state index contributed by atoms with van der Waals surface area (Å²) in [7, 11) is 0. The van der Waals surface area contributed by atoms with E-state index in [0.29, 0.717) is 24.5 Å². The summed E-state index contributed by atoms with van der Waals surface area (Å²) in [6.07, 6.45) is 3.18. The molecule has 1 amide bonds. The summed E-state index contributed by atoms with van der Waals surface area (Å²) in [6, 6.07) is 10.3. The van der Waals surface area contributed by atoms with Gasteiger partial charge in [0.25, 0.3) is 5.91 Å². The second kappa shape index (κ2) is 9.93. The van der Waals surface area contributed by atoms with E-state index in [9.17, 15) is 4.79 Å². The first-order valence-corrected chi connectivity index (χ1v) is 10.9. The lowest BCUT2D eigenvalue weighted by Gasteiger charge is -2.27. The van der Waals surface area contributed by atoms with Crippen molar-refractivity contribution in [3.8, 4) is 0 Å². The molecule has 1 aromatic carbocycles. The van der Waals surface area contributed by atoms with Crippen molar-refractivity contribution in [1.29, 1.82) is 0 Å². The van der Waals surface area contributed by atoms with Crippen LogP contribution in [0.4, 0.5) is 5.82 Å². The highest BCUT2D eigenvalue weighted by atomic mass is 16.5. The molecule has 1 aliphatic rings. The highest BCUT2D eigenvalue weighted by molar-refractivity contribution is 5.93. The molecule has 8 nitrogen and oxygen atoms in total. The minimum atomic E-state index is -0.0771. The molecule has 0 bridgehead atoms. The van der Waals surface area contributed by atoms with Crippen LogP contribution in [0.5, 0.6) is 0 Å². The quantitative estimate of drug-likeness (QED) is 0.593. The number of hydrogen-bond acceptors (Lipinski definition) is 6. The smallest absolute Gasteiger partial charge is 0.257 e. The first-order chi connectivity index (χ1) is 15.5. The van der Waals surface area contributed by atoms with Crippen molar-refractivity contribution in [2.75, 3.05) is 32.0 Å². The number of carbonyl (C=O) groups excluding carboxylic acids is 1. The van der Waals surface area contributed by atoms with Gasteiger partial charge in [-0.2, -0.15) is 5.10 Å². The van der Waals surface area contributed by atoms with E-state index in [-0.39, 0.29) is 5.91 Å². The van der Waals surface area contributed by atoms with Crippen molar-refractivity contribution >= 4 is 11.7 Å². The number of nitrogens with two attached hydrogens (primary N) is 1. The van der Waals surface area contributed by atoms with Crippen LogP contribution in [-0.4, -0.2) is 57.2 Å². The zero-order chi connectivity index (χ0) is 22.5. The average molecular weight is 435 g/mol. The number of pyridine rings is 1. The third kappa shape index (κ3) is 5.33. The van der Waals surface area contributed by atoms with E-state index in [1.807, 2.05) is 24.8 Å². The number of ether oxygens (including phenoxy) is 1. The Labute approximate surface area is 188 Å². The molecule has 0 atom stereocenters. The van der Waals surface area contributed by atoms with Crippen molar-refractivity contribution in [2.24, 2.45) is 0 Å². The van der Waals surface area contributed by atoms with E-state index in [1.165, 1.54) is 5.56 Å². The Kier molecular flexibility index (Phi) is 6.82. The molecule has 4 rings (SSSR count). The molecule has 32 heavy (non-hydrogen) atoms. The van der Waals surface area contributed by atoms with Crippen LogP contribution in [-0.2, 0) is 24.4 Å². The molecule has 8 heteroatoms. The molecule has 1 saturated heterocycles. The number of nitrogens with one attached hydrogen (secondary N) is 1. The van der Waals surface area contributed by atoms with Crippen molar-refractivity contribution < 1.29 is 9.53 Å². The van der Waals surface area contributed by atoms with Gasteiger partial charge in [0.1, 0.15) is 5.82 Å². The Bertz CT molecular complexity index is 1020. The Hall–Kier alpha value is -3.23. The van der Waals surface area contributed by atoms with Gasteiger partial charge in [-0.15, -0.1) is 0 Å². The van der Waals surface area contributed by atoms with Gasteiger partial charge in [-0.1, -0.05) is 24.3 Å². The van der Waals surface area contributed by atoms with Gasteiger partial charge in [0, 0.05) is 44.6 Å². The fourth-order valence-electron chi connectivity index (χ4n) is 4.06. The number of morpholine rings is 1. The van der Waals surface area contributed by atoms with Gasteiger partial charge in [-0.25, -0.2) is 4.98 Å². The maximum Gasteiger partial charge on any atom is 0.257 e. The van der Waals surface area contributed by atoms with Crippen LogP contribution in [0.15, 0.2) is 42.7 Å². The number of hydrogen-bond donors (Lipinski definition) is 2.